The number of phenolic OH excluding ortho intramolecular Hbond substituents is 1. The summed E-state index contributed by atoms with van der Waals surface area (Å²) < 4.78 is 0. The first-order valence-electron chi connectivity index (χ1n) is 10.5. The average Bonchev–Trinajstić information content (AvgIpc) is 2.80. The first kappa shape index (κ1) is 29.7. The molecule has 194 valence electrons. The minimum absolute atomic E-state index is 0.0351. The van der Waals surface area contributed by atoms with Gasteiger partial charge < -0.3 is 42.7 Å². The van der Waals surface area contributed by atoms with Crippen LogP contribution in [0.15, 0.2) is 24.3 Å². The Balaban J connectivity index is 3.09. The number of nitrogens with two attached hydrogens (primary N) is 2. The minimum Gasteiger partial charge on any atom is -0.508 e. The van der Waals surface area contributed by atoms with Gasteiger partial charge in [0.2, 0.25) is 23.6 Å². The molecule has 10 N–H and O–H groups in total. The predicted octanol–water partition coefficient (Wildman–Crippen LogP) is -2.58. The van der Waals surface area contributed by atoms with Crippen molar-refractivity contribution in [3.05, 3.63) is 29.8 Å². The highest BCUT2D eigenvalue weighted by molar-refractivity contribution is 7.98. The van der Waals surface area contributed by atoms with E-state index in [2.05, 4.69) is 16.0 Å². The molecule has 0 bridgehead atoms. The fraction of sp³-hybridized carbons (Fsp3) is 0.476. The van der Waals surface area contributed by atoms with Crippen LogP contribution in [-0.2, 0) is 30.4 Å². The highest BCUT2D eigenvalue weighted by Gasteiger charge is 2.31. The summed E-state index contributed by atoms with van der Waals surface area (Å²) in [5.41, 5.74) is 11.5. The van der Waals surface area contributed by atoms with E-state index in [9.17, 15) is 34.2 Å². The van der Waals surface area contributed by atoms with Crippen molar-refractivity contribution in [2.45, 2.75) is 43.4 Å². The van der Waals surface area contributed by atoms with E-state index in [1.807, 2.05) is 6.26 Å². The Labute approximate surface area is 206 Å². The molecule has 4 atom stereocenters. The molecular weight excluding hydrogens is 482 g/mol. The molecule has 0 radical (unpaired) electrons. The lowest BCUT2D eigenvalue weighted by Crippen LogP contribution is -2.58. The van der Waals surface area contributed by atoms with Crippen LogP contribution in [0.2, 0.25) is 0 Å². The van der Waals surface area contributed by atoms with Gasteiger partial charge in [-0.3, -0.25) is 19.2 Å². The summed E-state index contributed by atoms with van der Waals surface area (Å²) in [5, 5.41) is 34.6. The molecule has 35 heavy (non-hydrogen) atoms. The molecule has 0 fully saturated rings. The third kappa shape index (κ3) is 10.6. The molecule has 0 heterocycles. The second-order valence-electron chi connectivity index (χ2n) is 7.63. The molecule has 0 saturated heterocycles. The third-order valence-electron chi connectivity index (χ3n) is 4.81. The number of aliphatic hydroxyl groups is 1. The van der Waals surface area contributed by atoms with Crippen LogP contribution in [0.5, 0.6) is 5.75 Å². The number of nitrogens with one attached hydrogen (secondary N) is 3. The van der Waals surface area contributed by atoms with Gasteiger partial charge in [-0.25, -0.2) is 4.79 Å². The van der Waals surface area contributed by atoms with Crippen molar-refractivity contribution in [1.82, 2.24) is 16.0 Å². The van der Waals surface area contributed by atoms with E-state index >= 15 is 0 Å². The molecule has 1 aromatic rings. The summed E-state index contributed by atoms with van der Waals surface area (Å²) in [6, 6.07) is 0.297. The molecule has 0 aromatic heterocycles. The number of hydrogen-bond donors (Lipinski definition) is 8. The van der Waals surface area contributed by atoms with Crippen LogP contribution < -0.4 is 27.4 Å². The maximum absolute atomic E-state index is 12.9. The lowest BCUT2D eigenvalue weighted by molar-refractivity contribution is -0.143. The highest BCUT2D eigenvalue weighted by atomic mass is 32.2. The average molecular weight is 514 g/mol. The number of aromatic hydroxyl groups is 1. The number of amides is 4. The van der Waals surface area contributed by atoms with Gasteiger partial charge in [-0.15, -0.1) is 0 Å². The molecule has 0 aliphatic heterocycles. The van der Waals surface area contributed by atoms with Crippen molar-refractivity contribution in [3.8, 4) is 5.75 Å². The summed E-state index contributed by atoms with van der Waals surface area (Å²) >= 11 is 1.47. The van der Waals surface area contributed by atoms with Crippen molar-refractivity contribution >= 4 is 41.4 Å². The van der Waals surface area contributed by atoms with Crippen LogP contribution in [0.4, 0.5) is 0 Å². The first-order chi connectivity index (χ1) is 16.5. The number of hydrogen-bond acceptors (Lipinski definition) is 9. The third-order valence-corrected chi connectivity index (χ3v) is 5.46. The maximum atomic E-state index is 12.9. The quantitative estimate of drug-likeness (QED) is 0.122. The van der Waals surface area contributed by atoms with Crippen LogP contribution in [0, 0.1) is 0 Å². The Morgan fingerprint density at radius 1 is 0.943 bits per heavy atom. The number of thioether (sulfide) groups is 1. The second kappa shape index (κ2) is 14.8. The van der Waals surface area contributed by atoms with E-state index in [1.165, 1.54) is 36.0 Å². The zero-order chi connectivity index (χ0) is 26.5. The molecule has 1 rings (SSSR count). The van der Waals surface area contributed by atoms with E-state index in [4.69, 9.17) is 16.6 Å². The maximum Gasteiger partial charge on any atom is 0.328 e. The Morgan fingerprint density at radius 3 is 2.00 bits per heavy atom. The normalized spacial score (nSPS) is 14.1. The number of primary amides is 1. The zero-order valence-electron chi connectivity index (χ0n) is 19.1. The van der Waals surface area contributed by atoms with Crippen molar-refractivity contribution in [3.63, 3.8) is 0 Å². The van der Waals surface area contributed by atoms with Gasteiger partial charge in [-0.2, -0.15) is 11.8 Å². The number of phenols is 1. The molecule has 4 unspecified atom stereocenters. The van der Waals surface area contributed by atoms with Crippen LogP contribution >= 0.6 is 11.8 Å². The van der Waals surface area contributed by atoms with Crippen LogP contribution in [0.1, 0.15) is 18.4 Å². The Bertz CT molecular complexity index is 898. The van der Waals surface area contributed by atoms with E-state index in [-0.39, 0.29) is 12.2 Å². The number of aliphatic carboxylic acids is 1. The zero-order valence-corrected chi connectivity index (χ0v) is 19.9. The first-order valence-corrected chi connectivity index (χ1v) is 11.9. The van der Waals surface area contributed by atoms with Gasteiger partial charge in [-0.05, 0) is 36.1 Å². The lowest BCUT2D eigenvalue weighted by Gasteiger charge is -2.24. The van der Waals surface area contributed by atoms with E-state index in [1.54, 1.807) is 0 Å². The fourth-order valence-corrected chi connectivity index (χ4v) is 3.36. The molecule has 4 amide bonds. The fourth-order valence-electron chi connectivity index (χ4n) is 2.87. The molecule has 0 saturated carbocycles. The number of aliphatic hydroxyl groups excluding tert-OH is 1. The SMILES string of the molecule is CSCCC(N)C(=O)NC(CC(N)=O)C(=O)NC(Cc1ccc(O)cc1)C(=O)NC(CO)C(=O)O. The van der Waals surface area contributed by atoms with Crippen molar-refractivity contribution < 1.29 is 39.3 Å². The number of carboxylic acid groups (broad SMARTS) is 1. The van der Waals surface area contributed by atoms with Gasteiger partial charge in [0.15, 0.2) is 0 Å². The minimum atomic E-state index is -1.63. The molecule has 0 aliphatic rings. The van der Waals surface area contributed by atoms with Crippen LogP contribution in [0.3, 0.4) is 0 Å². The van der Waals surface area contributed by atoms with E-state index < -0.39 is 66.8 Å². The van der Waals surface area contributed by atoms with Crippen LogP contribution in [-0.4, -0.2) is 87.7 Å². The highest BCUT2D eigenvalue weighted by Crippen LogP contribution is 2.12. The summed E-state index contributed by atoms with van der Waals surface area (Å²) in [4.78, 5) is 60.8. The summed E-state index contributed by atoms with van der Waals surface area (Å²) in [7, 11) is 0. The number of carboxylic acids is 1. The monoisotopic (exact) mass is 513 g/mol. The van der Waals surface area contributed by atoms with Gasteiger partial charge in [0.1, 0.15) is 23.9 Å². The summed E-state index contributed by atoms with van der Waals surface area (Å²) in [5.74, 6) is -4.38. The standard InChI is InChI=1S/C21H31N5O8S/c1-35-7-6-13(22)18(30)24-15(9-17(23)29)20(32)25-14(8-11-2-4-12(28)5-3-11)19(31)26-16(10-27)21(33)34/h2-5,13-16,27-28H,6-10,22H2,1H3,(H2,23,29)(H,24,30)(H,25,32)(H,26,31)(H,33,34). The lowest BCUT2D eigenvalue weighted by atomic mass is 10.0. The Hall–Kier alpha value is -3.36. The van der Waals surface area contributed by atoms with Crippen molar-refractivity contribution in [2.75, 3.05) is 18.6 Å². The van der Waals surface area contributed by atoms with Gasteiger partial charge in [0, 0.05) is 6.42 Å². The van der Waals surface area contributed by atoms with Gasteiger partial charge in [0.25, 0.3) is 0 Å². The molecule has 14 heteroatoms. The Kier molecular flexibility index (Phi) is 12.6. The van der Waals surface area contributed by atoms with Crippen molar-refractivity contribution in [2.24, 2.45) is 11.5 Å². The van der Waals surface area contributed by atoms with E-state index in [0.717, 1.165) is 0 Å². The van der Waals surface area contributed by atoms with Gasteiger partial charge in [0.05, 0.1) is 19.1 Å². The van der Waals surface area contributed by atoms with Gasteiger partial charge >= 0.3 is 5.97 Å². The number of carbonyl (C=O) groups is 5. The summed E-state index contributed by atoms with van der Waals surface area (Å²) in [6.07, 6.45) is 1.44. The number of benzene rings is 1. The Morgan fingerprint density at radius 2 is 1.49 bits per heavy atom. The van der Waals surface area contributed by atoms with Crippen molar-refractivity contribution in [1.29, 1.82) is 0 Å². The topological polar surface area (TPSA) is 234 Å². The molecule has 1 aromatic carbocycles. The van der Waals surface area contributed by atoms with Crippen LogP contribution in [0.25, 0.3) is 0 Å². The van der Waals surface area contributed by atoms with Gasteiger partial charge in [-0.1, -0.05) is 12.1 Å². The predicted molar refractivity (Wildman–Crippen MR) is 127 cm³/mol. The summed E-state index contributed by atoms with van der Waals surface area (Å²) in [6.45, 7) is -0.894. The molecule has 0 spiro atoms. The molecular formula is C21H31N5O8S. The second-order valence-corrected chi connectivity index (χ2v) is 8.62. The van der Waals surface area contributed by atoms with E-state index in [0.29, 0.717) is 17.7 Å². The molecule has 13 nitrogen and oxygen atoms in total. The molecule has 0 aliphatic carbocycles. The largest absolute Gasteiger partial charge is 0.508 e. The number of carbonyl (C=O) groups excluding carboxylic acids is 4. The number of rotatable bonds is 15. The smallest absolute Gasteiger partial charge is 0.328 e.